The van der Waals surface area contributed by atoms with Gasteiger partial charge in [-0.3, -0.25) is 33.9 Å². The highest BCUT2D eigenvalue weighted by Crippen LogP contribution is 2.21. The van der Waals surface area contributed by atoms with Gasteiger partial charge in [0.1, 0.15) is 11.8 Å². The van der Waals surface area contributed by atoms with Crippen LogP contribution in [0.4, 0.5) is 4.79 Å². The zero-order valence-electron chi connectivity index (χ0n) is 26.5. The van der Waals surface area contributed by atoms with E-state index in [1.807, 2.05) is 20.8 Å². The molecule has 3 unspecified atom stereocenters. The molecule has 2 aliphatic rings. The normalized spacial score (nSPS) is 17.0. The summed E-state index contributed by atoms with van der Waals surface area (Å²) in [5.41, 5.74) is 5.44. The second kappa shape index (κ2) is 22.8. The molecule has 12 nitrogen and oxygen atoms in total. The minimum Gasteiger partial charge on any atom is -0.481 e. The van der Waals surface area contributed by atoms with Crippen LogP contribution in [-0.2, 0) is 24.0 Å². The Hall–Kier alpha value is -3.83. The Morgan fingerprint density at radius 1 is 1.07 bits per heavy atom. The zero-order valence-corrected chi connectivity index (χ0v) is 26.5. The number of aliphatic carboxylic acids is 1. The molecule has 1 saturated heterocycles. The van der Waals surface area contributed by atoms with Crippen molar-refractivity contribution in [2.45, 2.75) is 99.6 Å². The number of hydrogen-bond donors (Lipinski definition) is 3. The third kappa shape index (κ3) is 17.1. The number of likely N-dealkylation sites (N-methyl/N-ethyl adjacent to an activating group) is 1. The van der Waals surface area contributed by atoms with Crippen LogP contribution in [-0.4, -0.2) is 87.8 Å². The molecule has 1 aliphatic heterocycles. The number of aliphatic imine (C=N–C) groups is 1. The first-order valence-corrected chi connectivity index (χ1v) is 14.4. The van der Waals surface area contributed by atoms with E-state index in [9.17, 15) is 28.8 Å². The maximum absolute atomic E-state index is 12.2. The highest BCUT2D eigenvalue weighted by atomic mass is 16.4. The minimum absolute atomic E-state index is 0.148. The number of urea groups is 1. The van der Waals surface area contributed by atoms with Crippen LogP contribution in [0.3, 0.4) is 0 Å². The van der Waals surface area contributed by atoms with Gasteiger partial charge in [0.15, 0.2) is 5.78 Å². The summed E-state index contributed by atoms with van der Waals surface area (Å²) in [4.78, 5) is 74.3. The van der Waals surface area contributed by atoms with E-state index in [4.69, 9.17) is 10.8 Å². The summed E-state index contributed by atoms with van der Waals surface area (Å²) in [5, 5.41) is 10.9. The Balaban J connectivity index is 0. The van der Waals surface area contributed by atoms with Crippen LogP contribution in [0, 0.1) is 5.92 Å². The van der Waals surface area contributed by atoms with E-state index < -0.39 is 29.9 Å². The Kier molecular flexibility index (Phi) is 21.9. The van der Waals surface area contributed by atoms with E-state index in [1.165, 1.54) is 38.5 Å². The van der Waals surface area contributed by atoms with Gasteiger partial charge in [-0.1, -0.05) is 45.1 Å². The quantitative estimate of drug-likeness (QED) is 0.133. The van der Waals surface area contributed by atoms with Crippen molar-refractivity contribution >= 4 is 41.2 Å². The van der Waals surface area contributed by atoms with Gasteiger partial charge < -0.3 is 21.1 Å². The smallest absolute Gasteiger partial charge is 0.327 e. The fraction of sp³-hybridized carbons (Fsp3) is 0.633. The maximum atomic E-state index is 12.2. The van der Waals surface area contributed by atoms with E-state index in [0.29, 0.717) is 31.8 Å². The molecule has 0 spiro atoms. The second-order valence-electron chi connectivity index (χ2n) is 9.65. The molecule has 3 atom stereocenters. The van der Waals surface area contributed by atoms with Crippen LogP contribution in [0.15, 0.2) is 29.3 Å². The monoisotopic (exact) mass is 593 g/mol. The predicted octanol–water partition coefficient (Wildman–Crippen LogP) is 3.50. The SMILES string of the molecule is C1=CCCC=C1.CC.CC(=O)C(C)NC(=O)C(C)CC(=O)O.CCN1C(=O)N(CC(C)=O)C(=O)C1CCCN=C(C)N. The predicted molar refractivity (Wildman–Crippen MR) is 164 cm³/mol. The molecular weight excluding hydrogens is 542 g/mol. The number of carbonyl (C=O) groups excluding carboxylic acids is 5. The van der Waals surface area contributed by atoms with E-state index in [-0.39, 0.29) is 36.5 Å². The standard InChI is InChI=1S/C13H22N4O3.C9H15NO4.C6H8.C2H6/c1-4-16-11(6-5-7-15-10(3)14)12(19)17(13(16)20)8-9(2)18;1-5(4-8(12)13)9(14)10-6(2)7(3)11;1-2-4-6-5-3-1;1-2/h11H,4-8H2,1-3H3,(H2,14,15);5-6H,4H2,1-3H3,(H,10,14)(H,12,13);1-4H,5-6H2;1-2H3. The number of amidine groups is 1. The number of nitrogens with two attached hydrogens (primary N) is 1. The van der Waals surface area contributed by atoms with E-state index >= 15 is 0 Å². The van der Waals surface area contributed by atoms with Gasteiger partial charge in [0.2, 0.25) is 5.91 Å². The van der Waals surface area contributed by atoms with Crippen molar-refractivity contribution in [2.24, 2.45) is 16.6 Å². The lowest BCUT2D eigenvalue weighted by atomic mass is 10.1. The molecule has 1 fully saturated rings. The number of allylic oxidation sites excluding steroid dienone is 4. The summed E-state index contributed by atoms with van der Waals surface area (Å²) in [6.07, 6.45) is 12.0. The van der Waals surface area contributed by atoms with Gasteiger partial charge in [-0.2, -0.15) is 0 Å². The first-order valence-electron chi connectivity index (χ1n) is 14.4. The summed E-state index contributed by atoms with van der Waals surface area (Å²) >= 11 is 0. The van der Waals surface area contributed by atoms with Crippen LogP contribution in [0.2, 0.25) is 0 Å². The number of nitrogens with zero attached hydrogens (tertiary/aromatic N) is 3. The van der Waals surface area contributed by atoms with Crippen molar-refractivity contribution in [2.75, 3.05) is 19.6 Å². The van der Waals surface area contributed by atoms with Crippen molar-refractivity contribution in [1.82, 2.24) is 15.1 Å². The van der Waals surface area contributed by atoms with Gasteiger partial charge in [0.25, 0.3) is 5.91 Å². The van der Waals surface area contributed by atoms with Crippen LogP contribution in [0.1, 0.15) is 87.5 Å². The molecule has 0 aromatic rings. The van der Waals surface area contributed by atoms with Crippen LogP contribution in [0.25, 0.3) is 0 Å². The molecule has 238 valence electrons. The third-order valence-electron chi connectivity index (χ3n) is 5.90. The Labute approximate surface area is 250 Å². The number of carboxylic acid groups (broad SMARTS) is 1. The number of carboxylic acids is 1. The fourth-order valence-corrected chi connectivity index (χ4v) is 3.59. The molecule has 4 N–H and O–H groups in total. The van der Waals surface area contributed by atoms with Crippen LogP contribution >= 0.6 is 0 Å². The maximum Gasteiger partial charge on any atom is 0.327 e. The lowest BCUT2D eigenvalue weighted by Crippen LogP contribution is -2.40. The highest BCUT2D eigenvalue weighted by Gasteiger charge is 2.43. The molecule has 4 amide bonds. The van der Waals surface area contributed by atoms with E-state index in [0.717, 1.165) is 4.90 Å². The molecule has 1 aliphatic carbocycles. The van der Waals surface area contributed by atoms with Gasteiger partial charge in [-0.05, 0) is 60.3 Å². The number of Topliss-reactive ketones (excluding diaryl/α,β-unsaturated/α-hetero) is 2. The average Bonchev–Trinajstić information content (AvgIpc) is 3.16. The molecule has 42 heavy (non-hydrogen) atoms. The van der Waals surface area contributed by atoms with Crippen LogP contribution in [0.5, 0.6) is 0 Å². The average molecular weight is 594 g/mol. The lowest BCUT2D eigenvalue weighted by molar-refractivity contribution is -0.141. The number of nitrogens with one attached hydrogen (secondary N) is 1. The molecule has 1 heterocycles. The van der Waals surface area contributed by atoms with Gasteiger partial charge in [-0.25, -0.2) is 4.79 Å². The summed E-state index contributed by atoms with van der Waals surface area (Å²) in [5.74, 6) is -2.19. The van der Waals surface area contributed by atoms with Gasteiger partial charge >= 0.3 is 12.0 Å². The summed E-state index contributed by atoms with van der Waals surface area (Å²) < 4.78 is 0. The first-order chi connectivity index (χ1) is 19.7. The van der Waals surface area contributed by atoms with Crippen molar-refractivity contribution in [3.05, 3.63) is 24.3 Å². The first kappa shape index (κ1) is 40.3. The summed E-state index contributed by atoms with van der Waals surface area (Å²) in [6.45, 7) is 14.2. The molecule has 0 saturated carbocycles. The number of rotatable bonds is 12. The van der Waals surface area contributed by atoms with E-state index in [2.05, 4.69) is 34.6 Å². The highest BCUT2D eigenvalue weighted by molar-refractivity contribution is 6.06. The zero-order chi connectivity index (χ0) is 32.8. The Morgan fingerprint density at radius 2 is 1.62 bits per heavy atom. The van der Waals surface area contributed by atoms with Gasteiger partial charge in [0.05, 0.1) is 24.8 Å². The number of amides is 4. The fourth-order valence-electron chi connectivity index (χ4n) is 3.59. The Bertz CT molecular complexity index is 975. The number of hydrogen-bond acceptors (Lipinski definition) is 7. The summed E-state index contributed by atoms with van der Waals surface area (Å²) in [7, 11) is 0. The topological polar surface area (TPSA) is 180 Å². The van der Waals surface area contributed by atoms with Gasteiger partial charge in [-0.15, -0.1) is 0 Å². The largest absolute Gasteiger partial charge is 0.481 e. The summed E-state index contributed by atoms with van der Waals surface area (Å²) in [6, 6.07) is -1.42. The van der Waals surface area contributed by atoms with Crippen molar-refractivity contribution in [1.29, 1.82) is 0 Å². The second-order valence-corrected chi connectivity index (χ2v) is 9.65. The van der Waals surface area contributed by atoms with Crippen molar-refractivity contribution in [3.8, 4) is 0 Å². The molecule has 0 aromatic heterocycles. The molecule has 0 aromatic carbocycles. The van der Waals surface area contributed by atoms with Crippen molar-refractivity contribution in [3.63, 3.8) is 0 Å². The van der Waals surface area contributed by atoms with Crippen molar-refractivity contribution < 1.29 is 33.9 Å². The molecule has 2 rings (SSSR count). The van der Waals surface area contributed by atoms with E-state index in [1.54, 1.807) is 13.8 Å². The molecule has 12 heteroatoms. The minimum atomic E-state index is -1.02. The van der Waals surface area contributed by atoms with Gasteiger partial charge in [0, 0.05) is 19.0 Å². The molecule has 0 radical (unpaired) electrons. The number of imide groups is 1. The number of carbonyl (C=O) groups is 6. The lowest BCUT2D eigenvalue weighted by Gasteiger charge is -2.19. The molecular formula is C30H51N5O7. The van der Waals surface area contributed by atoms with Crippen LogP contribution < -0.4 is 11.1 Å². The molecule has 0 bridgehead atoms. The Morgan fingerprint density at radius 3 is 2.00 bits per heavy atom. The third-order valence-corrected chi connectivity index (χ3v) is 5.90. The number of ketones is 2.